The van der Waals surface area contributed by atoms with Gasteiger partial charge in [0, 0.05) is 0 Å². The van der Waals surface area contributed by atoms with Crippen molar-refractivity contribution in [3.05, 3.63) is 127 Å². The van der Waals surface area contributed by atoms with E-state index in [9.17, 15) is 0 Å². The van der Waals surface area contributed by atoms with Gasteiger partial charge in [-0.1, -0.05) is 72.8 Å². The highest BCUT2D eigenvalue weighted by atomic mass is 31.2. The smallest absolute Gasteiger partial charge is 0.408 e. The van der Waals surface area contributed by atoms with Crippen LogP contribution in [-0.4, -0.2) is 0 Å². The fourth-order valence-electron chi connectivity index (χ4n) is 3.05. The summed E-state index contributed by atoms with van der Waals surface area (Å²) in [4.78, 5) is 0. The molecule has 0 spiro atoms. The first-order chi connectivity index (χ1) is 15.2. The lowest BCUT2D eigenvalue weighted by molar-refractivity contribution is 0.384. The number of hydrogen-bond donors (Lipinski definition) is 0. The Morgan fingerprint density at radius 3 is 1.10 bits per heavy atom. The second kappa shape index (κ2) is 11.8. The highest BCUT2D eigenvalue weighted by Gasteiger charge is 2.23. The average Bonchev–Trinajstić information content (AvgIpc) is 2.78. The number of allylic oxidation sites excluding steroid dienone is 3. The molecule has 0 saturated heterocycles. The minimum absolute atomic E-state index is 0.694. The second-order valence-electron chi connectivity index (χ2n) is 6.80. The molecule has 0 aliphatic carbocycles. The van der Waals surface area contributed by atoms with Crippen molar-refractivity contribution < 1.29 is 13.6 Å². The first-order valence-corrected chi connectivity index (χ1v) is 11.2. The van der Waals surface area contributed by atoms with Crippen LogP contribution in [0.3, 0.4) is 0 Å². The summed E-state index contributed by atoms with van der Waals surface area (Å²) in [6.07, 6.45) is 7.64. The lowest BCUT2D eigenvalue weighted by Gasteiger charge is -2.21. The zero-order chi connectivity index (χ0) is 21.9. The van der Waals surface area contributed by atoms with E-state index in [0.29, 0.717) is 19.3 Å². The van der Waals surface area contributed by atoms with Crippen molar-refractivity contribution in [1.82, 2.24) is 0 Å². The van der Waals surface area contributed by atoms with Gasteiger partial charge in [-0.2, -0.15) is 0 Å². The highest BCUT2D eigenvalue weighted by Crippen LogP contribution is 2.45. The Balaban J connectivity index is 1.93. The first-order valence-electron chi connectivity index (χ1n) is 10.2. The monoisotopic (exact) mass is 430 g/mol. The van der Waals surface area contributed by atoms with Crippen molar-refractivity contribution in [3.8, 4) is 17.2 Å². The van der Waals surface area contributed by atoms with Crippen LogP contribution in [0.1, 0.15) is 16.7 Å². The predicted molar refractivity (Wildman–Crippen MR) is 130 cm³/mol. The summed E-state index contributed by atoms with van der Waals surface area (Å²) in [5, 5.41) is 0. The molecule has 0 amide bonds. The SMILES string of the molecule is C=CCc1ccccc1OP(Oc1ccccc1CC=C)Oc1ccccc1CC=C. The van der Waals surface area contributed by atoms with Gasteiger partial charge < -0.3 is 13.6 Å². The second-order valence-corrected chi connectivity index (χ2v) is 7.79. The van der Waals surface area contributed by atoms with E-state index in [4.69, 9.17) is 13.6 Å². The Bertz CT molecular complexity index is 896. The molecule has 0 saturated carbocycles. The van der Waals surface area contributed by atoms with Crippen molar-refractivity contribution in [2.75, 3.05) is 0 Å². The van der Waals surface area contributed by atoms with Gasteiger partial charge in [0.1, 0.15) is 17.2 Å². The van der Waals surface area contributed by atoms with Crippen LogP contribution in [0.5, 0.6) is 17.2 Å². The Morgan fingerprint density at radius 1 is 0.516 bits per heavy atom. The minimum atomic E-state index is -1.77. The average molecular weight is 430 g/mol. The summed E-state index contributed by atoms with van der Waals surface area (Å²) in [5.41, 5.74) is 3.07. The molecular weight excluding hydrogens is 403 g/mol. The molecule has 0 radical (unpaired) electrons. The van der Waals surface area contributed by atoms with E-state index < -0.39 is 8.60 Å². The molecule has 0 aromatic heterocycles. The van der Waals surface area contributed by atoms with E-state index in [-0.39, 0.29) is 0 Å². The number of benzene rings is 3. The van der Waals surface area contributed by atoms with E-state index >= 15 is 0 Å². The Morgan fingerprint density at radius 2 is 0.806 bits per heavy atom. The summed E-state index contributed by atoms with van der Waals surface area (Å²) in [7, 11) is -1.77. The topological polar surface area (TPSA) is 27.7 Å². The van der Waals surface area contributed by atoms with E-state index in [1.165, 1.54) is 0 Å². The molecule has 3 nitrogen and oxygen atoms in total. The van der Waals surface area contributed by atoms with E-state index in [2.05, 4.69) is 19.7 Å². The molecule has 3 rings (SSSR count). The third-order valence-electron chi connectivity index (χ3n) is 4.53. The van der Waals surface area contributed by atoms with Gasteiger partial charge in [-0.25, -0.2) is 0 Å². The van der Waals surface area contributed by atoms with Crippen LogP contribution in [0, 0.1) is 0 Å². The van der Waals surface area contributed by atoms with Gasteiger partial charge in [0.15, 0.2) is 0 Å². The molecule has 0 fully saturated rings. The summed E-state index contributed by atoms with van der Waals surface area (Å²) in [6.45, 7) is 11.5. The lowest BCUT2D eigenvalue weighted by Crippen LogP contribution is -2.06. The maximum absolute atomic E-state index is 6.29. The third kappa shape index (κ3) is 6.34. The molecule has 4 heteroatoms. The molecule has 3 aromatic rings. The molecule has 31 heavy (non-hydrogen) atoms. The van der Waals surface area contributed by atoms with Gasteiger partial charge in [0.25, 0.3) is 0 Å². The van der Waals surface area contributed by atoms with Gasteiger partial charge in [-0.15, -0.1) is 19.7 Å². The van der Waals surface area contributed by atoms with Crippen LogP contribution >= 0.6 is 8.60 Å². The van der Waals surface area contributed by atoms with Crippen molar-refractivity contribution in [3.63, 3.8) is 0 Å². The van der Waals surface area contributed by atoms with Crippen LogP contribution in [-0.2, 0) is 19.3 Å². The molecule has 0 N–H and O–H groups in total. The normalized spacial score (nSPS) is 10.4. The summed E-state index contributed by atoms with van der Waals surface area (Å²) in [6, 6.07) is 23.6. The molecule has 3 aromatic carbocycles. The Labute approximate surface area is 186 Å². The molecule has 0 bridgehead atoms. The fourth-order valence-corrected chi connectivity index (χ4v) is 4.18. The Hall–Kier alpha value is -3.29. The van der Waals surface area contributed by atoms with Crippen LogP contribution in [0.4, 0.5) is 0 Å². The van der Waals surface area contributed by atoms with Gasteiger partial charge in [-0.3, -0.25) is 0 Å². The van der Waals surface area contributed by atoms with Crippen molar-refractivity contribution in [2.45, 2.75) is 19.3 Å². The molecule has 0 atom stereocenters. The maximum Gasteiger partial charge on any atom is 0.530 e. The number of hydrogen-bond acceptors (Lipinski definition) is 3. The van der Waals surface area contributed by atoms with Crippen molar-refractivity contribution in [1.29, 1.82) is 0 Å². The summed E-state index contributed by atoms with van der Waals surface area (Å²) in [5.74, 6) is 2.16. The highest BCUT2D eigenvalue weighted by molar-refractivity contribution is 7.43. The van der Waals surface area contributed by atoms with E-state index in [1.807, 2.05) is 91.0 Å². The van der Waals surface area contributed by atoms with Crippen LogP contribution in [0.25, 0.3) is 0 Å². The quantitative estimate of drug-likeness (QED) is 0.218. The predicted octanol–water partition coefficient (Wildman–Crippen LogP) is 7.64. The number of rotatable bonds is 12. The number of para-hydroxylation sites is 3. The third-order valence-corrected chi connectivity index (χ3v) is 5.57. The summed E-state index contributed by atoms with van der Waals surface area (Å²) >= 11 is 0. The van der Waals surface area contributed by atoms with Gasteiger partial charge in [0.2, 0.25) is 0 Å². The largest absolute Gasteiger partial charge is 0.530 e. The van der Waals surface area contributed by atoms with Crippen LogP contribution in [0.2, 0.25) is 0 Å². The molecule has 0 aliphatic heterocycles. The van der Waals surface area contributed by atoms with E-state index in [1.54, 1.807) is 0 Å². The molecule has 0 heterocycles. The standard InChI is InChI=1S/C27H27O3P/c1-4-13-22-16-7-10-19-25(22)28-31(29-26-20-11-8-17-23(26)14-5-2)30-27-21-12-9-18-24(27)15-6-3/h4-12,16-21H,1-3,13-15H2. The zero-order valence-electron chi connectivity index (χ0n) is 17.6. The van der Waals surface area contributed by atoms with Crippen molar-refractivity contribution >= 4 is 8.60 Å². The first kappa shape index (κ1) is 22.4. The molecule has 0 aliphatic rings. The summed E-state index contributed by atoms with van der Waals surface area (Å²) < 4.78 is 18.9. The van der Waals surface area contributed by atoms with Gasteiger partial charge >= 0.3 is 8.60 Å². The zero-order valence-corrected chi connectivity index (χ0v) is 18.5. The fraction of sp³-hybridized carbons (Fsp3) is 0.111. The minimum Gasteiger partial charge on any atom is -0.408 e. The Kier molecular flexibility index (Phi) is 8.51. The molecule has 0 unspecified atom stereocenters. The van der Waals surface area contributed by atoms with Crippen LogP contribution in [0.15, 0.2) is 111 Å². The molecular formula is C27H27O3P. The van der Waals surface area contributed by atoms with Gasteiger partial charge in [-0.05, 0) is 54.2 Å². The van der Waals surface area contributed by atoms with Crippen molar-refractivity contribution in [2.24, 2.45) is 0 Å². The molecule has 158 valence electrons. The van der Waals surface area contributed by atoms with E-state index in [0.717, 1.165) is 33.9 Å². The lowest BCUT2D eigenvalue weighted by atomic mass is 10.1. The maximum atomic E-state index is 6.29. The van der Waals surface area contributed by atoms with Gasteiger partial charge in [0.05, 0.1) is 0 Å². The van der Waals surface area contributed by atoms with Crippen LogP contribution < -0.4 is 13.6 Å².